The van der Waals surface area contributed by atoms with Gasteiger partial charge in [0.1, 0.15) is 6.04 Å². The summed E-state index contributed by atoms with van der Waals surface area (Å²) in [6, 6.07) is 1.17. The van der Waals surface area contributed by atoms with Crippen LogP contribution in [0, 0.1) is 29.6 Å². The van der Waals surface area contributed by atoms with Gasteiger partial charge in [0.25, 0.3) is 0 Å². The first-order valence-corrected chi connectivity index (χ1v) is 12.5. The molecule has 3 aliphatic heterocycles. The fourth-order valence-corrected chi connectivity index (χ4v) is 8.33. The van der Waals surface area contributed by atoms with Crippen molar-refractivity contribution in [3.8, 4) is 0 Å². The molecule has 0 radical (unpaired) electrons. The number of carbonyl (C=O) groups excluding carboxylic acids is 2. The number of nitrogens with zero attached hydrogens (tertiary/aromatic N) is 1. The maximum Gasteiger partial charge on any atom is 0.226 e. The molecule has 6 heteroatoms. The van der Waals surface area contributed by atoms with Gasteiger partial charge in [-0.2, -0.15) is 0 Å². The average molecular weight is 431 g/mol. The van der Waals surface area contributed by atoms with Crippen molar-refractivity contribution in [2.75, 3.05) is 6.54 Å². The average Bonchev–Trinajstić information content (AvgIpc) is 3.09. The number of carboxylic acids is 1. The van der Waals surface area contributed by atoms with Gasteiger partial charge in [-0.15, -0.1) is 6.58 Å². The molecule has 10 atom stereocenters. The van der Waals surface area contributed by atoms with E-state index in [1.54, 1.807) is 6.92 Å². The monoisotopic (exact) mass is 430 g/mol. The summed E-state index contributed by atoms with van der Waals surface area (Å²) in [5, 5.41) is 13.9. The molecule has 172 valence electrons. The first-order chi connectivity index (χ1) is 14.9. The predicted octanol–water partition coefficient (Wildman–Crippen LogP) is 0.854. The van der Waals surface area contributed by atoms with Crippen molar-refractivity contribution in [1.82, 2.24) is 4.90 Å². The van der Waals surface area contributed by atoms with E-state index in [1.165, 1.54) is 19.3 Å². The molecule has 5 aliphatic rings. The minimum Gasteiger partial charge on any atom is -0.547 e. The number of allylic oxidation sites excluding steroid dienone is 1. The predicted molar refractivity (Wildman–Crippen MR) is 114 cm³/mol. The summed E-state index contributed by atoms with van der Waals surface area (Å²) < 4.78 is 6.07. The number of hydrogen-bond acceptors (Lipinski definition) is 4. The summed E-state index contributed by atoms with van der Waals surface area (Å²) in [6.45, 7) is 8.96. The third kappa shape index (κ3) is 3.45. The van der Waals surface area contributed by atoms with Gasteiger partial charge in [-0.25, -0.2) is 0 Å². The Morgan fingerprint density at radius 2 is 2.00 bits per heavy atom. The molecule has 9 unspecified atom stereocenters. The fourth-order valence-electron chi connectivity index (χ4n) is 8.33. The molecule has 0 aromatic heterocycles. The summed E-state index contributed by atoms with van der Waals surface area (Å²) in [7, 11) is 0. The zero-order chi connectivity index (χ0) is 21.9. The van der Waals surface area contributed by atoms with E-state index in [9.17, 15) is 14.7 Å². The number of nitrogens with two attached hydrogens (primary N) is 1. The van der Waals surface area contributed by atoms with Gasteiger partial charge in [-0.1, -0.05) is 18.4 Å². The second-order valence-electron chi connectivity index (χ2n) is 11.0. The maximum absolute atomic E-state index is 13.8. The van der Waals surface area contributed by atoms with E-state index < -0.39 is 12.1 Å². The molecule has 2 saturated carbocycles. The minimum absolute atomic E-state index is 0.103. The van der Waals surface area contributed by atoms with Crippen molar-refractivity contribution >= 4 is 11.9 Å². The number of quaternary nitrogens is 1. The smallest absolute Gasteiger partial charge is 0.226 e. The van der Waals surface area contributed by atoms with Crippen molar-refractivity contribution in [3.63, 3.8) is 0 Å². The van der Waals surface area contributed by atoms with Gasteiger partial charge in [0.15, 0.2) is 0 Å². The highest BCUT2D eigenvalue weighted by Crippen LogP contribution is 2.55. The summed E-state index contributed by atoms with van der Waals surface area (Å²) in [5.41, 5.74) is 1.11. The number of aliphatic carboxylic acids is 1. The second-order valence-corrected chi connectivity index (χ2v) is 11.0. The van der Waals surface area contributed by atoms with Crippen molar-refractivity contribution in [1.29, 1.82) is 0 Å². The second kappa shape index (κ2) is 8.18. The number of fused-ring (bicyclic) bond motifs is 5. The molecule has 2 N–H and O–H groups in total. The third-order valence-electron chi connectivity index (χ3n) is 9.29. The molecule has 3 heterocycles. The van der Waals surface area contributed by atoms with Gasteiger partial charge in [0.05, 0.1) is 30.8 Å². The summed E-state index contributed by atoms with van der Waals surface area (Å²) in [5.74, 6) is 1.14. The van der Waals surface area contributed by atoms with E-state index in [1.807, 2.05) is 0 Å². The molecule has 31 heavy (non-hydrogen) atoms. The van der Waals surface area contributed by atoms with Gasteiger partial charge in [0.2, 0.25) is 5.91 Å². The number of piperidine rings is 2. The summed E-state index contributed by atoms with van der Waals surface area (Å²) >= 11 is 0. The fraction of sp³-hybridized carbons (Fsp3) is 0.840. The van der Waals surface area contributed by atoms with Crippen LogP contribution in [-0.2, 0) is 14.3 Å². The Morgan fingerprint density at radius 1 is 1.23 bits per heavy atom. The SMILES string of the molecule is C=C(C)CC1C(O[C@H](C)C(=O)[O-])CCC2C1C1CC[NH2+]C3C4CCCCC4C(=O)N2C13. The van der Waals surface area contributed by atoms with Gasteiger partial charge >= 0.3 is 0 Å². The van der Waals surface area contributed by atoms with Crippen LogP contribution in [0.25, 0.3) is 0 Å². The lowest BCUT2D eigenvalue weighted by molar-refractivity contribution is -0.713. The highest BCUT2D eigenvalue weighted by molar-refractivity contribution is 5.82. The zero-order valence-corrected chi connectivity index (χ0v) is 19.0. The lowest BCUT2D eigenvalue weighted by atomic mass is 9.63. The van der Waals surface area contributed by atoms with E-state index in [4.69, 9.17) is 4.74 Å². The Kier molecular flexibility index (Phi) is 5.66. The number of ether oxygens (including phenoxy) is 1. The lowest BCUT2D eigenvalue weighted by Crippen LogP contribution is -2.98. The number of carbonyl (C=O) groups is 2. The minimum atomic E-state index is -1.15. The molecule has 0 aromatic rings. The van der Waals surface area contributed by atoms with Crippen molar-refractivity contribution in [2.45, 2.75) is 95.5 Å². The molecule has 0 spiro atoms. The molecule has 6 nitrogen and oxygen atoms in total. The van der Waals surface area contributed by atoms with Gasteiger partial charge in [-0.05, 0) is 63.7 Å². The molecule has 5 fully saturated rings. The molecule has 0 bridgehead atoms. The number of rotatable bonds is 5. The standard InChI is InChI=1S/C25H38N2O4/c1-13(2)12-18-20(31-14(3)25(29)30)9-8-19-21(18)17-10-11-26-22-15-6-4-5-7-16(15)24(28)27(19)23(17)22/h14-23,26H,1,4-12H2,2-3H3,(H,29,30)/t14-,15?,16?,17?,18?,19?,20?,21?,22?,23?/m1/s1. The normalized spacial score (nSPS) is 44.8. The quantitative estimate of drug-likeness (QED) is 0.656. The Balaban J connectivity index is 1.49. The topological polar surface area (TPSA) is 86.3 Å². The number of amides is 1. The first-order valence-electron chi connectivity index (χ1n) is 12.5. The van der Waals surface area contributed by atoms with Crippen molar-refractivity contribution in [3.05, 3.63) is 12.2 Å². The maximum atomic E-state index is 13.8. The Labute approximate surface area is 185 Å². The van der Waals surface area contributed by atoms with Gasteiger partial charge in [-0.3, -0.25) is 4.79 Å². The van der Waals surface area contributed by atoms with Crippen LogP contribution in [0.3, 0.4) is 0 Å². The Hall–Kier alpha value is -1.40. The van der Waals surface area contributed by atoms with Gasteiger partial charge in [0, 0.05) is 24.3 Å². The van der Waals surface area contributed by atoms with E-state index in [0.29, 0.717) is 35.7 Å². The van der Waals surface area contributed by atoms with Crippen LogP contribution in [-0.4, -0.2) is 53.7 Å². The van der Waals surface area contributed by atoms with E-state index in [0.717, 1.165) is 44.2 Å². The largest absolute Gasteiger partial charge is 0.547 e. The highest BCUT2D eigenvalue weighted by Gasteiger charge is 2.65. The first kappa shape index (κ1) is 21.4. The van der Waals surface area contributed by atoms with Crippen LogP contribution in [0.4, 0.5) is 0 Å². The summed E-state index contributed by atoms with van der Waals surface area (Å²) in [6.07, 6.45) is 7.41. The van der Waals surface area contributed by atoms with Crippen LogP contribution >= 0.6 is 0 Å². The van der Waals surface area contributed by atoms with Crippen LogP contribution in [0.2, 0.25) is 0 Å². The van der Waals surface area contributed by atoms with E-state index in [2.05, 4.69) is 23.7 Å². The van der Waals surface area contributed by atoms with Crippen molar-refractivity contribution < 1.29 is 24.7 Å². The van der Waals surface area contributed by atoms with E-state index >= 15 is 0 Å². The Bertz CT molecular complexity index is 754. The van der Waals surface area contributed by atoms with Crippen molar-refractivity contribution in [2.24, 2.45) is 29.6 Å². The molecule has 2 aliphatic carbocycles. The third-order valence-corrected chi connectivity index (χ3v) is 9.29. The zero-order valence-electron chi connectivity index (χ0n) is 19.0. The van der Waals surface area contributed by atoms with Crippen LogP contribution in [0.5, 0.6) is 0 Å². The highest BCUT2D eigenvalue weighted by atomic mass is 16.5. The van der Waals surface area contributed by atoms with E-state index in [-0.39, 0.29) is 24.0 Å². The molecular formula is C25H38N2O4. The number of hydrogen-bond donors (Lipinski definition) is 1. The van der Waals surface area contributed by atoms with Gasteiger partial charge < -0.3 is 24.9 Å². The molecule has 3 saturated heterocycles. The lowest BCUT2D eigenvalue weighted by Gasteiger charge is -2.50. The molecule has 5 rings (SSSR count). The summed E-state index contributed by atoms with van der Waals surface area (Å²) in [4.78, 5) is 27.5. The van der Waals surface area contributed by atoms with Crippen LogP contribution < -0.4 is 10.4 Å². The molecule has 0 aromatic carbocycles. The van der Waals surface area contributed by atoms with Crippen LogP contribution in [0.15, 0.2) is 12.2 Å². The number of carboxylic acid groups (broad SMARTS) is 1. The Morgan fingerprint density at radius 3 is 2.74 bits per heavy atom. The van der Waals surface area contributed by atoms with Crippen LogP contribution in [0.1, 0.15) is 65.2 Å². The molecule has 1 amide bonds. The molecular weight excluding hydrogens is 392 g/mol.